The highest BCUT2D eigenvalue weighted by Gasteiger charge is 2.39. The molecular weight excluding hydrogens is 256 g/mol. The molecule has 1 unspecified atom stereocenters. The van der Waals surface area contributed by atoms with Crippen molar-refractivity contribution in [1.82, 2.24) is 0 Å². The first-order valence-corrected chi connectivity index (χ1v) is 10.8. The van der Waals surface area contributed by atoms with Gasteiger partial charge in [-0.15, -0.1) is 0 Å². The third-order valence-electron chi connectivity index (χ3n) is 3.73. The molecule has 0 radical (unpaired) electrons. The van der Waals surface area contributed by atoms with Crippen molar-refractivity contribution in [3.8, 4) is 0 Å². The summed E-state index contributed by atoms with van der Waals surface area (Å²) in [6.07, 6.45) is 2.37. The summed E-state index contributed by atoms with van der Waals surface area (Å²) in [6, 6.07) is 10.6. The highest BCUT2D eigenvalue weighted by molar-refractivity contribution is 7.98. The summed E-state index contributed by atoms with van der Waals surface area (Å²) < 4.78 is 6.55. The molecule has 0 heterocycles. The quantitative estimate of drug-likeness (QED) is 0.694. The second-order valence-electron chi connectivity index (χ2n) is 6.23. The van der Waals surface area contributed by atoms with E-state index >= 15 is 0 Å². The maximum Gasteiger partial charge on any atom is 0.192 e. The molecule has 0 aliphatic heterocycles. The standard InChI is InChI=1S/C15H26OSSi/c1-15(2,3)18(5,6)16-14(12-17-4)13-10-8-7-9-11-13/h7-11,14H,12H2,1-6H3. The van der Waals surface area contributed by atoms with E-state index in [0.717, 1.165) is 5.75 Å². The molecule has 0 saturated heterocycles. The van der Waals surface area contributed by atoms with E-state index in [2.05, 4.69) is 70.5 Å². The smallest absolute Gasteiger partial charge is 0.192 e. The monoisotopic (exact) mass is 282 g/mol. The molecule has 102 valence electrons. The van der Waals surface area contributed by atoms with Gasteiger partial charge in [-0.05, 0) is 30.0 Å². The van der Waals surface area contributed by atoms with E-state index in [1.54, 1.807) is 0 Å². The lowest BCUT2D eigenvalue weighted by atomic mass is 10.1. The highest BCUT2D eigenvalue weighted by Crippen LogP contribution is 2.40. The molecule has 0 fully saturated rings. The molecule has 1 nitrogen and oxygen atoms in total. The van der Waals surface area contributed by atoms with Crippen molar-refractivity contribution in [2.45, 2.75) is 45.0 Å². The fourth-order valence-electron chi connectivity index (χ4n) is 1.55. The zero-order valence-electron chi connectivity index (χ0n) is 12.5. The molecular formula is C15H26OSSi. The molecule has 0 aliphatic carbocycles. The van der Waals surface area contributed by atoms with Gasteiger partial charge in [0, 0.05) is 5.75 Å². The van der Waals surface area contributed by atoms with Gasteiger partial charge in [0.2, 0.25) is 0 Å². The molecule has 0 aromatic heterocycles. The molecule has 0 bridgehead atoms. The fourth-order valence-corrected chi connectivity index (χ4v) is 3.52. The van der Waals surface area contributed by atoms with Crippen LogP contribution in [0.4, 0.5) is 0 Å². The van der Waals surface area contributed by atoms with Crippen molar-refractivity contribution < 1.29 is 4.43 Å². The minimum Gasteiger partial charge on any atom is -0.409 e. The van der Waals surface area contributed by atoms with Crippen LogP contribution < -0.4 is 0 Å². The van der Waals surface area contributed by atoms with Crippen LogP contribution in [-0.4, -0.2) is 20.3 Å². The lowest BCUT2D eigenvalue weighted by Crippen LogP contribution is -2.42. The third-order valence-corrected chi connectivity index (χ3v) is 8.85. The summed E-state index contributed by atoms with van der Waals surface area (Å²) in [7, 11) is -1.70. The summed E-state index contributed by atoms with van der Waals surface area (Å²) in [5, 5.41) is 0.262. The van der Waals surface area contributed by atoms with E-state index in [1.165, 1.54) is 5.56 Å². The van der Waals surface area contributed by atoms with Crippen LogP contribution in [-0.2, 0) is 4.43 Å². The van der Waals surface area contributed by atoms with Crippen molar-refractivity contribution in [2.75, 3.05) is 12.0 Å². The van der Waals surface area contributed by atoms with Crippen LogP contribution in [0.1, 0.15) is 32.4 Å². The van der Waals surface area contributed by atoms with E-state index in [1.807, 2.05) is 11.8 Å². The Kier molecular flexibility index (Phi) is 5.50. The van der Waals surface area contributed by atoms with Crippen molar-refractivity contribution in [1.29, 1.82) is 0 Å². The Balaban J connectivity index is 2.88. The summed E-state index contributed by atoms with van der Waals surface area (Å²) in [4.78, 5) is 0. The van der Waals surface area contributed by atoms with Crippen LogP contribution in [0.5, 0.6) is 0 Å². The van der Waals surface area contributed by atoms with Crippen LogP contribution in [0.3, 0.4) is 0 Å². The Hall–Kier alpha value is -0.253. The summed E-state index contributed by atoms with van der Waals surface area (Å²) in [5.41, 5.74) is 1.30. The number of hydrogen-bond acceptors (Lipinski definition) is 2. The number of thioether (sulfide) groups is 1. The van der Waals surface area contributed by atoms with Crippen molar-refractivity contribution in [2.24, 2.45) is 0 Å². The molecule has 0 amide bonds. The van der Waals surface area contributed by atoms with Gasteiger partial charge in [0.25, 0.3) is 0 Å². The van der Waals surface area contributed by atoms with Crippen LogP contribution >= 0.6 is 11.8 Å². The molecule has 0 N–H and O–H groups in total. The Labute approximate surface area is 117 Å². The molecule has 0 spiro atoms. The minimum atomic E-state index is -1.70. The van der Waals surface area contributed by atoms with E-state index in [0.29, 0.717) is 0 Å². The largest absolute Gasteiger partial charge is 0.409 e. The van der Waals surface area contributed by atoms with Gasteiger partial charge < -0.3 is 4.43 Å². The van der Waals surface area contributed by atoms with E-state index in [-0.39, 0.29) is 11.1 Å². The molecule has 0 saturated carbocycles. The maximum absolute atomic E-state index is 6.55. The summed E-state index contributed by atoms with van der Waals surface area (Å²) in [6.45, 7) is 11.5. The topological polar surface area (TPSA) is 9.23 Å². The van der Waals surface area contributed by atoms with Crippen molar-refractivity contribution in [3.05, 3.63) is 35.9 Å². The Morgan fingerprint density at radius 2 is 1.72 bits per heavy atom. The SMILES string of the molecule is CSCC(O[Si](C)(C)C(C)(C)C)c1ccccc1. The Morgan fingerprint density at radius 3 is 2.17 bits per heavy atom. The zero-order valence-corrected chi connectivity index (χ0v) is 14.3. The normalized spacial score (nSPS) is 14.6. The average molecular weight is 283 g/mol. The maximum atomic E-state index is 6.55. The van der Waals surface area contributed by atoms with E-state index < -0.39 is 8.32 Å². The van der Waals surface area contributed by atoms with Crippen LogP contribution in [0.15, 0.2) is 30.3 Å². The molecule has 1 aromatic carbocycles. The average Bonchev–Trinajstić information content (AvgIpc) is 2.28. The van der Waals surface area contributed by atoms with Gasteiger partial charge in [0.1, 0.15) is 0 Å². The third kappa shape index (κ3) is 4.14. The van der Waals surface area contributed by atoms with Gasteiger partial charge in [-0.1, -0.05) is 51.1 Å². The van der Waals surface area contributed by atoms with Gasteiger partial charge in [0.05, 0.1) is 6.10 Å². The van der Waals surface area contributed by atoms with E-state index in [9.17, 15) is 0 Å². The molecule has 1 atom stereocenters. The summed E-state index contributed by atoms with van der Waals surface area (Å²) in [5.74, 6) is 1.02. The molecule has 18 heavy (non-hydrogen) atoms. The second kappa shape index (κ2) is 6.26. The lowest BCUT2D eigenvalue weighted by Gasteiger charge is -2.39. The first-order valence-electron chi connectivity index (χ1n) is 6.49. The number of hydrogen-bond donors (Lipinski definition) is 0. The van der Waals surface area contributed by atoms with Gasteiger partial charge in [-0.3, -0.25) is 0 Å². The van der Waals surface area contributed by atoms with Crippen LogP contribution in [0.2, 0.25) is 18.1 Å². The van der Waals surface area contributed by atoms with Gasteiger partial charge in [-0.25, -0.2) is 0 Å². The number of benzene rings is 1. The number of rotatable bonds is 5. The Morgan fingerprint density at radius 1 is 1.17 bits per heavy atom. The van der Waals surface area contributed by atoms with Crippen LogP contribution in [0.25, 0.3) is 0 Å². The minimum absolute atomic E-state index is 0.224. The van der Waals surface area contributed by atoms with Gasteiger partial charge >= 0.3 is 0 Å². The first-order chi connectivity index (χ1) is 8.28. The fraction of sp³-hybridized carbons (Fsp3) is 0.600. The highest BCUT2D eigenvalue weighted by atomic mass is 32.2. The molecule has 0 aliphatic rings. The predicted molar refractivity (Wildman–Crippen MR) is 85.8 cm³/mol. The van der Waals surface area contributed by atoms with E-state index in [4.69, 9.17) is 4.43 Å². The van der Waals surface area contributed by atoms with Gasteiger partial charge in [-0.2, -0.15) is 11.8 Å². The van der Waals surface area contributed by atoms with Crippen molar-refractivity contribution >= 4 is 20.1 Å². The molecule has 1 aromatic rings. The predicted octanol–water partition coefficient (Wildman–Crippen LogP) is 5.11. The van der Waals surface area contributed by atoms with Crippen LogP contribution in [0, 0.1) is 0 Å². The second-order valence-corrected chi connectivity index (χ2v) is 11.9. The first kappa shape index (κ1) is 15.8. The molecule has 3 heteroatoms. The lowest BCUT2D eigenvalue weighted by molar-refractivity contribution is 0.207. The summed E-state index contributed by atoms with van der Waals surface area (Å²) >= 11 is 1.85. The van der Waals surface area contributed by atoms with Crippen molar-refractivity contribution in [3.63, 3.8) is 0 Å². The molecule has 1 rings (SSSR count). The zero-order chi connectivity index (χ0) is 13.8. The van der Waals surface area contributed by atoms with Gasteiger partial charge in [0.15, 0.2) is 8.32 Å². The Bertz CT molecular complexity index is 357.